The average molecular weight is 651 g/mol. The largest absolute Gasteiger partial charge is 0.458 e. The number of aryl methyl sites for hydroxylation is 1. The molecule has 0 saturated heterocycles. The molecule has 0 aliphatic heterocycles. The van der Waals surface area contributed by atoms with Crippen LogP contribution in [-0.4, -0.2) is 88.0 Å². The molecule has 0 aliphatic carbocycles. The molecule has 0 N–H and O–H groups in total. The second-order valence-electron chi connectivity index (χ2n) is 11.4. The summed E-state index contributed by atoms with van der Waals surface area (Å²) in [4.78, 5) is 35.4. The van der Waals surface area contributed by atoms with Crippen molar-refractivity contribution in [2.24, 2.45) is 0 Å². The monoisotopic (exact) mass is 650 g/mol. The molecule has 43 heavy (non-hydrogen) atoms. The first-order valence-corrected chi connectivity index (χ1v) is 16.1. The summed E-state index contributed by atoms with van der Waals surface area (Å²) >= 11 is 0.924. The minimum atomic E-state index is -4.19. The zero-order chi connectivity index (χ0) is 32.7. The fourth-order valence-electron chi connectivity index (χ4n) is 3.22. The second-order valence-corrected chi connectivity index (χ2v) is 14.3. The van der Waals surface area contributed by atoms with Crippen LogP contribution in [0, 0.1) is 6.92 Å². The molecule has 14 heteroatoms. The van der Waals surface area contributed by atoms with Gasteiger partial charge in [-0.05, 0) is 67.0 Å². The summed E-state index contributed by atoms with van der Waals surface area (Å²) < 4.78 is 63.6. The third kappa shape index (κ3) is 19.8. The Labute approximate surface area is 259 Å². The maximum Gasteiger partial charge on any atom is 0.332 e. The normalized spacial score (nSPS) is 13.8. The SMILES string of the molecule is CC(=O)S[C@@H](CCC(OCCOCC(=O)OC(C)(C)C)OS(=O)(=O)c1ccc(C)cc1)OCCOCC(=O)OC(C)(C)C. The van der Waals surface area contributed by atoms with Gasteiger partial charge in [0.25, 0.3) is 10.1 Å². The van der Waals surface area contributed by atoms with Gasteiger partial charge in [0.2, 0.25) is 0 Å². The van der Waals surface area contributed by atoms with E-state index in [-0.39, 0.29) is 62.5 Å². The van der Waals surface area contributed by atoms with E-state index in [4.69, 9.17) is 32.6 Å². The van der Waals surface area contributed by atoms with Crippen molar-refractivity contribution in [2.45, 2.75) is 96.1 Å². The Morgan fingerprint density at radius 3 is 1.72 bits per heavy atom. The van der Waals surface area contributed by atoms with E-state index in [1.54, 1.807) is 53.7 Å². The first kappa shape index (κ1) is 39.0. The van der Waals surface area contributed by atoms with Crippen molar-refractivity contribution in [1.82, 2.24) is 0 Å². The topological polar surface area (TPSA) is 150 Å². The number of benzene rings is 1. The van der Waals surface area contributed by atoms with E-state index in [9.17, 15) is 22.8 Å². The Morgan fingerprint density at radius 2 is 1.26 bits per heavy atom. The van der Waals surface area contributed by atoms with Crippen LogP contribution in [0.1, 0.15) is 66.9 Å². The third-order valence-corrected chi connectivity index (χ3v) is 7.11. The molecule has 0 aromatic heterocycles. The molecule has 0 aliphatic rings. The van der Waals surface area contributed by atoms with E-state index in [0.717, 1.165) is 17.3 Å². The van der Waals surface area contributed by atoms with E-state index in [2.05, 4.69) is 0 Å². The van der Waals surface area contributed by atoms with Crippen molar-refractivity contribution < 1.29 is 55.4 Å². The van der Waals surface area contributed by atoms with Gasteiger partial charge < -0.3 is 28.4 Å². The second kappa shape index (κ2) is 18.7. The predicted molar refractivity (Wildman–Crippen MR) is 160 cm³/mol. The van der Waals surface area contributed by atoms with Crippen LogP contribution in [0.15, 0.2) is 29.2 Å². The minimum Gasteiger partial charge on any atom is -0.458 e. The number of carbonyl (C=O) groups is 3. The highest BCUT2D eigenvalue weighted by atomic mass is 32.2. The Bertz CT molecular complexity index is 1110. The third-order valence-electron chi connectivity index (χ3n) is 4.82. The minimum absolute atomic E-state index is 0.0270. The summed E-state index contributed by atoms with van der Waals surface area (Å²) in [5.41, 5.74) is -1.06. The maximum atomic E-state index is 12.9. The zero-order valence-corrected chi connectivity index (χ0v) is 28.0. The van der Waals surface area contributed by atoms with Crippen LogP contribution >= 0.6 is 11.8 Å². The van der Waals surface area contributed by atoms with Gasteiger partial charge in [0.15, 0.2) is 11.4 Å². The molecule has 0 heterocycles. The highest BCUT2D eigenvalue weighted by molar-refractivity contribution is 8.13. The number of hydrogen-bond acceptors (Lipinski definition) is 13. The number of hydrogen-bond donors (Lipinski definition) is 0. The van der Waals surface area contributed by atoms with Gasteiger partial charge in [0.05, 0.1) is 31.3 Å². The van der Waals surface area contributed by atoms with E-state index in [1.807, 2.05) is 6.92 Å². The Kier molecular flexibility index (Phi) is 16.9. The van der Waals surface area contributed by atoms with Gasteiger partial charge in [-0.2, -0.15) is 8.42 Å². The molecule has 1 aromatic rings. The quantitative estimate of drug-likeness (QED) is 0.0913. The van der Waals surface area contributed by atoms with Crippen LogP contribution in [-0.2, 0) is 57.1 Å². The van der Waals surface area contributed by atoms with Crippen molar-refractivity contribution in [2.75, 3.05) is 39.6 Å². The molecular formula is C29H46O12S2. The number of thioether (sulfide) groups is 1. The summed E-state index contributed by atoms with van der Waals surface area (Å²) in [6.45, 7) is 13.2. The van der Waals surface area contributed by atoms with Gasteiger partial charge >= 0.3 is 11.9 Å². The van der Waals surface area contributed by atoms with Crippen LogP contribution < -0.4 is 0 Å². The van der Waals surface area contributed by atoms with E-state index in [0.29, 0.717) is 0 Å². The lowest BCUT2D eigenvalue weighted by molar-refractivity contribution is -0.162. The van der Waals surface area contributed by atoms with Gasteiger partial charge in [-0.15, -0.1) is 0 Å². The fourth-order valence-corrected chi connectivity index (χ4v) is 5.03. The number of esters is 2. The molecule has 1 unspecified atom stereocenters. The van der Waals surface area contributed by atoms with Gasteiger partial charge in [-0.3, -0.25) is 4.79 Å². The van der Waals surface area contributed by atoms with E-state index < -0.39 is 45.0 Å². The molecule has 0 fully saturated rings. The fraction of sp³-hybridized carbons (Fsp3) is 0.690. The average Bonchev–Trinajstić information content (AvgIpc) is 2.84. The Morgan fingerprint density at radius 1 is 0.767 bits per heavy atom. The summed E-state index contributed by atoms with van der Waals surface area (Å²) in [5, 5.41) is -0.208. The molecule has 0 saturated carbocycles. The zero-order valence-electron chi connectivity index (χ0n) is 26.3. The van der Waals surface area contributed by atoms with Gasteiger partial charge in [-0.25, -0.2) is 13.8 Å². The van der Waals surface area contributed by atoms with Crippen LogP contribution in [0.2, 0.25) is 0 Å². The number of rotatable bonds is 19. The molecule has 2 atom stereocenters. The highest BCUT2D eigenvalue weighted by Gasteiger charge is 2.25. The van der Waals surface area contributed by atoms with Crippen molar-refractivity contribution in [3.8, 4) is 0 Å². The molecule has 1 rings (SSSR count). The Balaban J connectivity index is 2.75. The Hall–Kier alpha value is -2.07. The molecule has 0 spiro atoms. The molecule has 0 bridgehead atoms. The maximum absolute atomic E-state index is 12.9. The van der Waals surface area contributed by atoms with Gasteiger partial charge in [-0.1, -0.05) is 29.5 Å². The smallest absolute Gasteiger partial charge is 0.332 e. The van der Waals surface area contributed by atoms with Crippen molar-refractivity contribution >= 4 is 38.9 Å². The van der Waals surface area contributed by atoms with Crippen LogP contribution in [0.4, 0.5) is 0 Å². The molecule has 246 valence electrons. The molecule has 12 nitrogen and oxygen atoms in total. The molecule has 1 aromatic carbocycles. The van der Waals surface area contributed by atoms with Crippen molar-refractivity contribution in [1.29, 1.82) is 0 Å². The summed E-state index contributed by atoms with van der Waals surface area (Å²) in [7, 11) is -4.19. The lowest BCUT2D eigenvalue weighted by Crippen LogP contribution is -2.28. The van der Waals surface area contributed by atoms with Crippen LogP contribution in [0.5, 0.6) is 0 Å². The van der Waals surface area contributed by atoms with Crippen molar-refractivity contribution in [3.05, 3.63) is 29.8 Å². The van der Waals surface area contributed by atoms with E-state index >= 15 is 0 Å². The molecule has 0 radical (unpaired) electrons. The van der Waals surface area contributed by atoms with E-state index in [1.165, 1.54) is 19.1 Å². The first-order chi connectivity index (χ1) is 19.9. The summed E-state index contributed by atoms with van der Waals surface area (Å²) in [6.07, 6.45) is -1.01. The number of carbonyl (C=O) groups excluding carboxylic acids is 3. The van der Waals surface area contributed by atoms with Crippen LogP contribution in [0.25, 0.3) is 0 Å². The summed E-state index contributed by atoms with van der Waals surface area (Å²) in [5.74, 6) is -1.05. The van der Waals surface area contributed by atoms with Crippen LogP contribution in [0.3, 0.4) is 0 Å². The standard InChI is InChI=1S/C29H46O12S2/c1-21-9-11-23(12-10-21)43(33,34)41-26(37-17-15-35-19-24(31)39-28(3,4)5)13-14-27(42-22(2)30)38-18-16-36-20-25(32)40-29(6,7)8/h9-12,26-27H,13-20H2,1-8H3/t26?,27-/m0/s1. The van der Waals surface area contributed by atoms with Gasteiger partial charge in [0.1, 0.15) is 29.9 Å². The number of ether oxygens (including phenoxy) is 6. The molecule has 0 amide bonds. The van der Waals surface area contributed by atoms with Crippen molar-refractivity contribution in [3.63, 3.8) is 0 Å². The molecular weight excluding hydrogens is 604 g/mol. The lowest BCUT2D eigenvalue weighted by Gasteiger charge is -2.22. The lowest BCUT2D eigenvalue weighted by atomic mass is 10.2. The van der Waals surface area contributed by atoms with Gasteiger partial charge in [0, 0.05) is 13.3 Å². The predicted octanol–water partition coefficient (Wildman–Crippen LogP) is 4.16. The first-order valence-electron chi connectivity index (χ1n) is 13.9. The highest BCUT2D eigenvalue weighted by Crippen LogP contribution is 2.23. The summed E-state index contributed by atoms with van der Waals surface area (Å²) in [6, 6.07) is 6.16.